The van der Waals surface area contributed by atoms with E-state index >= 15 is 0 Å². The number of hydrogen-bond acceptors (Lipinski definition) is 6. The van der Waals surface area contributed by atoms with Crippen molar-refractivity contribution in [2.45, 2.75) is 63.7 Å². The van der Waals surface area contributed by atoms with E-state index in [9.17, 15) is 14.4 Å². The number of aryl methyl sites for hydroxylation is 1. The van der Waals surface area contributed by atoms with Gasteiger partial charge in [0.25, 0.3) is 11.8 Å². The van der Waals surface area contributed by atoms with Crippen LogP contribution in [-0.2, 0) is 16.1 Å². The van der Waals surface area contributed by atoms with Gasteiger partial charge in [-0.25, -0.2) is 0 Å². The lowest BCUT2D eigenvalue weighted by Crippen LogP contribution is -2.48. The van der Waals surface area contributed by atoms with E-state index in [-0.39, 0.29) is 30.9 Å². The van der Waals surface area contributed by atoms with Crippen LogP contribution in [0.1, 0.15) is 75.6 Å². The van der Waals surface area contributed by atoms with Crippen molar-refractivity contribution in [3.63, 3.8) is 0 Å². The highest BCUT2D eigenvalue weighted by Gasteiger charge is 2.39. The lowest BCUT2D eigenvalue weighted by Gasteiger charge is -2.23. The van der Waals surface area contributed by atoms with Crippen LogP contribution in [0.5, 0.6) is 11.5 Å². The van der Waals surface area contributed by atoms with Crippen LogP contribution in [-0.4, -0.2) is 76.5 Å². The van der Waals surface area contributed by atoms with Crippen LogP contribution in [0.2, 0.25) is 0 Å². The number of rotatable bonds is 2. The van der Waals surface area contributed by atoms with Crippen molar-refractivity contribution in [2.75, 3.05) is 26.7 Å². The standard InChI is InChI=1S/C32H37N5O5/c1-20-11-12-23-14-27(20)42-24-10-6-7-21(13-24)19-41-28-17-37(16-26(28)34-29(38)18-36(2)31(23)39)32(40)25-15-33-35-30(25)22-8-4-3-5-9-22/h6-7,10-15,22,26,28H,3-5,8-9,16-19H2,1-2H3,(H,33,35)(H,34,38)/t26-,28-/m0/s1. The number of amides is 3. The van der Waals surface area contributed by atoms with Crippen LogP contribution in [0.25, 0.3) is 0 Å². The highest BCUT2D eigenvalue weighted by Crippen LogP contribution is 2.34. The fourth-order valence-electron chi connectivity index (χ4n) is 6.22. The second-order valence-electron chi connectivity index (χ2n) is 11.7. The van der Waals surface area contributed by atoms with Gasteiger partial charge in [0, 0.05) is 31.6 Å². The number of benzene rings is 2. The van der Waals surface area contributed by atoms with Gasteiger partial charge in [-0.1, -0.05) is 37.5 Å². The molecule has 3 aromatic rings. The second kappa shape index (κ2) is 12.0. The zero-order valence-corrected chi connectivity index (χ0v) is 24.1. The molecule has 1 saturated carbocycles. The number of aromatic amines is 1. The van der Waals surface area contributed by atoms with Gasteiger partial charge in [-0.05, 0) is 55.2 Å². The number of likely N-dealkylation sites (N-methyl/N-ethyl adjacent to an activating group) is 1. The summed E-state index contributed by atoms with van der Waals surface area (Å²) in [5.74, 6) is 0.787. The summed E-state index contributed by atoms with van der Waals surface area (Å²) in [5, 5.41) is 10.4. The normalized spacial score (nSPS) is 22.0. The Morgan fingerprint density at radius 2 is 1.88 bits per heavy atom. The van der Waals surface area contributed by atoms with Crippen molar-refractivity contribution in [1.29, 1.82) is 0 Å². The first-order valence-electron chi connectivity index (χ1n) is 14.7. The fraction of sp³-hybridized carbons (Fsp3) is 0.438. The predicted molar refractivity (Wildman–Crippen MR) is 155 cm³/mol. The lowest BCUT2D eigenvalue weighted by atomic mass is 9.85. The van der Waals surface area contributed by atoms with Gasteiger partial charge in [-0.2, -0.15) is 5.10 Å². The zero-order chi connectivity index (χ0) is 29.2. The van der Waals surface area contributed by atoms with Gasteiger partial charge in [0.15, 0.2) is 0 Å². The molecule has 3 aliphatic rings. The quantitative estimate of drug-likeness (QED) is 0.477. The number of H-pyrrole nitrogens is 1. The van der Waals surface area contributed by atoms with Crippen LogP contribution in [0, 0.1) is 6.92 Å². The van der Waals surface area contributed by atoms with E-state index in [1.807, 2.05) is 37.3 Å². The molecule has 0 unspecified atom stereocenters. The van der Waals surface area contributed by atoms with Crippen molar-refractivity contribution in [3.05, 3.63) is 76.6 Å². The van der Waals surface area contributed by atoms with Crippen molar-refractivity contribution in [2.24, 2.45) is 0 Å². The van der Waals surface area contributed by atoms with Crippen molar-refractivity contribution >= 4 is 17.7 Å². The molecule has 2 N–H and O–H groups in total. The number of aromatic nitrogens is 2. The summed E-state index contributed by atoms with van der Waals surface area (Å²) >= 11 is 0. The Hall–Kier alpha value is -4.18. The average molecular weight is 572 g/mol. The van der Waals surface area contributed by atoms with Gasteiger partial charge in [0.05, 0.1) is 42.8 Å². The summed E-state index contributed by atoms with van der Waals surface area (Å²) in [6.07, 6.45) is 6.81. The van der Waals surface area contributed by atoms with Crippen LogP contribution in [0.4, 0.5) is 0 Å². The summed E-state index contributed by atoms with van der Waals surface area (Å²) in [4.78, 5) is 43.2. The van der Waals surface area contributed by atoms with Gasteiger partial charge in [0.1, 0.15) is 11.5 Å². The molecular weight excluding hydrogens is 534 g/mol. The third-order valence-corrected chi connectivity index (χ3v) is 8.57. The summed E-state index contributed by atoms with van der Waals surface area (Å²) in [7, 11) is 1.60. The molecule has 10 nitrogen and oxygen atoms in total. The molecule has 1 aromatic heterocycles. The molecule has 2 fully saturated rings. The Balaban J connectivity index is 1.25. The Bertz CT molecular complexity index is 1480. The second-order valence-corrected chi connectivity index (χ2v) is 11.7. The smallest absolute Gasteiger partial charge is 0.257 e. The number of fused-ring (bicyclic) bond motifs is 5. The molecule has 220 valence electrons. The molecule has 3 amide bonds. The molecule has 10 heteroatoms. The molecule has 2 aromatic carbocycles. The number of carbonyl (C=O) groups is 3. The fourth-order valence-corrected chi connectivity index (χ4v) is 6.22. The Morgan fingerprint density at radius 1 is 1.05 bits per heavy atom. The summed E-state index contributed by atoms with van der Waals surface area (Å²) in [6.45, 7) is 2.70. The third-order valence-electron chi connectivity index (χ3n) is 8.57. The average Bonchev–Trinajstić information content (AvgIpc) is 3.64. The first kappa shape index (κ1) is 28.0. The molecule has 1 saturated heterocycles. The SMILES string of the molecule is Cc1ccc2cc1Oc1cccc(c1)CO[C@H]1CN(C(=O)c3cn[nH]c3C3CCCCC3)C[C@@H]1NC(=O)CN(C)C2=O. The first-order chi connectivity index (χ1) is 20.4. The summed E-state index contributed by atoms with van der Waals surface area (Å²) in [6, 6.07) is 12.4. The minimum absolute atomic E-state index is 0.113. The molecule has 4 bridgehead atoms. The predicted octanol–water partition coefficient (Wildman–Crippen LogP) is 4.17. The molecule has 6 rings (SSSR count). The number of likely N-dealkylation sites (tertiary alicyclic amines) is 1. The minimum Gasteiger partial charge on any atom is -0.457 e. The Morgan fingerprint density at radius 3 is 2.71 bits per heavy atom. The summed E-state index contributed by atoms with van der Waals surface area (Å²) in [5.41, 5.74) is 3.72. The monoisotopic (exact) mass is 571 g/mol. The highest BCUT2D eigenvalue weighted by atomic mass is 16.5. The lowest BCUT2D eigenvalue weighted by molar-refractivity contribution is -0.123. The van der Waals surface area contributed by atoms with Gasteiger partial charge in [-0.3, -0.25) is 19.5 Å². The minimum atomic E-state index is -0.437. The molecule has 0 spiro atoms. The van der Waals surface area contributed by atoms with E-state index < -0.39 is 12.1 Å². The van der Waals surface area contributed by atoms with Crippen LogP contribution in [0.15, 0.2) is 48.7 Å². The molecule has 42 heavy (non-hydrogen) atoms. The number of ether oxygens (including phenoxy) is 2. The molecule has 2 atom stereocenters. The van der Waals surface area contributed by atoms with Crippen LogP contribution >= 0.6 is 0 Å². The van der Waals surface area contributed by atoms with Gasteiger partial charge in [-0.15, -0.1) is 0 Å². The van der Waals surface area contributed by atoms with Crippen LogP contribution < -0.4 is 10.1 Å². The van der Waals surface area contributed by atoms with E-state index in [1.165, 1.54) is 11.3 Å². The zero-order valence-electron chi connectivity index (χ0n) is 24.1. The maximum atomic E-state index is 13.8. The third kappa shape index (κ3) is 5.90. The van der Waals surface area contributed by atoms with Crippen molar-refractivity contribution in [1.82, 2.24) is 25.3 Å². The number of hydrogen-bond donors (Lipinski definition) is 2. The van der Waals surface area contributed by atoms with Gasteiger partial charge < -0.3 is 24.6 Å². The van der Waals surface area contributed by atoms with E-state index in [2.05, 4.69) is 15.5 Å². The van der Waals surface area contributed by atoms with E-state index in [4.69, 9.17) is 9.47 Å². The van der Waals surface area contributed by atoms with Crippen molar-refractivity contribution in [3.8, 4) is 11.5 Å². The first-order valence-corrected chi connectivity index (χ1v) is 14.7. The molecule has 0 radical (unpaired) electrons. The molecule has 3 heterocycles. The number of carbonyl (C=O) groups excluding carboxylic acids is 3. The Kier molecular flexibility index (Phi) is 7.97. The molecule has 1 aliphatic carbocycles. The molecular formula is C32H37N5O5. The van der Waals surface area contributed by atoms with E-state index in [0.29, 0.717) is 41.6 Å². The van der Waals surface area contributed by atoms with Gasteiger partial charge in [0.2, 0.25) is 5.91 Å². The molecule has 2 aliphatic heterocycles. The van der Waals surface area contributed by atoms with Crippen LogP contribution in [0.3, 0.4) is 0 Å². The Labute approximate surface area is 245 Å². The largest absolute Gasteiger partial charge is 0.457 e. The van der Waals surface area contributed by atoms with Gasteiger partial charge >= 0.3 is 0 Å². The number of nitrogens with one attached hydrogen (secondary N) is 2. The highest BCUT2D eigenvalue weighted by molar-refractivity contribution is 5.97. The van der Waals surface area contributed by atoms with E-state index in [0.717, 1.165) is 42.5 Å². The maximum absolute atomic E-state index is 13.8. The van der Waals surface area contributed by atoms with E-state index in [1.54, 1.807) is 30.3 Å². The topological polar surface area (TPSA) is 117 Å². The number of nitrogens with zero attached hydrogens (tertiary/aromatic N) is 3. The maximum Gasteiger partial charge on any atom is 0.257 e. The summed E-state index contributed by atoms with van der Waals surface area (Å²) < 4.78 is 12.5. The van der Waals surface area contributed by atoms with Crippen molar-refractivity contribution < 1.29 is 23.9 Å².